The number of hydrogen-bond acceptors (Lipinski definition) is 3. The van der Waals surface area contributed by atoms with Gasteiger partial charge in [-0.1, -0.05) is 5.92 Å². The third-order valence-corrected chi connectivity index (χ3v) is 1.24. The average Bonchev–Trinajstić information content (AvgIpc) is 1.99. The first-order valence-electron chi connectivity index (χ1n) is 3.56. The fourth-order valence-electron chi connectivity index (χ4n) is 0.539. The molecule has 0 saturated heterocycles. The normalized spacial score (nSPS) is 14.9. The lowest BCUT2D eigenvalue weighted by molar-refractivity contribution is 0.00359. The Morgan fingerprint density at radius 2 is 2.18 bits per heavy atom. The molecular formula is C8H15NO2. The lowest BCUT2D eigenvalue weighted by Gasteiger charge is -2.19. The molecule has 3 nitrogen and oxygen atoms in total. The van der Waals surface area contributed by atoms with Gasteiger partial charge in [-0.3, -0.25) is 0 Å². The largest absolute Gasteiger partial charge is 0.393 e. The van der Waals surface area contributed by atoms with Crippen LogP contribution in [0.25, 0.3) is 0 Å². The fourth-order valence-corrected chi connectivity index (χ4v) is 0.539. The van der Waals surface area contributed by atoms with E-state index in [-0.39, 0.29) is 6.61 Å². The quantitative estimate of drug-likeness (QED) is 0.375. The van der Waals surface area contributed by atoms with Crippen LogP contribution in [0.5, 0.6) is 0 Å². The average molecular weight is 157 g/mol. The zero-order chi connectivity index (χ0) is 8.74. The van der Waals surface area contributed by atoms with Gasteiger partial charge in [0, 0.05) is 6.54 Å². The van der Waals surface area contributed by atoms with E-state index in [1.165, 1.54) is 0 Å². The summed E-state index contributed by atoms with van der Waals surface area (Å²) in [6.07, 6.45) is 0. The van der Waals surface area contributed by atoms with Crippen LogP contribution in [0.3, 0.4) is 0 Å². The third kappa shape index (κ3) is 5.86. The van der Waals surface area contributed by atoms with Gasteiger partial charge in [0.1, 0.15) is 0 Å². The Morgan fingerprint density at radius 1 is 1.55 bits per heavy atom. The van der Waals surface area contributed by atoms with Crippen molar-refractivity contribution in [3.63, 3.8) is 0 Å². The van der Waals surface area contributed by atoms with Crippen molar-refractivity contribution in [2.75, 3.05) is 19.7 Å². The van der Waals surface area contributed by atoms with Crippen molar-refractivity contribution < 1.29 is 10.2 Å². The van der Waals surface area contributed by atoms with Crippen LogP contribution in [0.2, 0.25) is 0 Å². The Morgan fingerprint density at radius 3 is 2.64 bits per heavy atom. The van der Waals surface area contributed by atoms with Crippen LogP contribution < -0.4 is 5.32 Å². The molecule has 0 saturated carbocycles. The minimum absolute atomic E-state index is 0.237. The Labute approximate surface area is 67.4 Å². The third-order valence-electron chi connectivity index (χ3n) is 1.24. The van der Waals surface area contributed by atoms with Crippen LogP contribution in [-0.4, -0.2) is 35.5 Å². The van der Waals surface area contributed by atoms with Gasteiger partial charge < -0.3 is 15.5 Å². The molecular weight excluding hydrogens is 142 g/mol. The number of hydrogen-bond donors (Lipinski definition) is 3. The molecule has 0 bridgehead atoms. The van der Waals surface area contributed by atoms with Gasteiger partial charge in [0.15, 0.2) is 0 Å². The molecule has 1 atom stereocenters. The first-order chi connectivity index (χ1) is 5.12. The predicted molar refractivity (Wildman–Crippen MR) is 44.0 cm³/mol. The maximum absolute atomic E-state index is 9.26. The molecule has 0 aromatic carbocycles. The molecule has 0 aliphatic heterocycles. The Balaban J connectivity index is 3.42. The predicted octanol–water partition coefficient (Wildman–Crippen LogP) is -0.657. The fraction of sp³-hybridized carbons (Fsp3) is 0.750. The lowest BCUT2D eigenvalue weighted by atomic mass is 10.1. The molecule has 3 heteroatoms. The van der Waals surface area contributed by atoms with E-state index in [9.17, 15) is 5.11 Å². The van der Waals surface area contributed by atoms with E-state index in [2.05, 4.69) is 17.2 Å². The summed E-state index contributed by atoms with van der Waals surface area (Å²) in [7, 11) is 0. The zero-order valence-electron chi connectivity index (χ0n) is 7.02. The minimum atomic E-state index is -1.03. The standard InChI is InChI=1S/C8H15NO2/c1-3-4-5-9-6-8(2,11)7-10/h9-11H,5-7H2,1-2H3. The van der Waals surface area contributed by atoms with Crippen LogP contribution >= 0.6 is 0 Å². The second kappa shape index (κ2) is 5.14. The van der Waals surface area contributed by atoms with E-state index in [1.807, 2.05) is 0 Å². The van der Waals surface area contributed by atoms with Crippen LogP contribution in [0.4, 0.5) is 0 Å². The highest BCUT2D eigenvalue weighted by Crippen LogP contribution is 1.97. The lowest BCUT2D eigenvalue weighted by Crippen LogP contribution is -2.41. The number of rotatable bonds is 4. The Kier molecular flexibility index (Phi) is 4.88. The van der Waals surface area contributed by atoms with Crippen molar-refractivity contribution >= 4 is 0 Å². The maximum Gasteiger partial charge on any atom is 0.0973 e. The minimum Gasteiger partial charge on any atom is -0.393 e. The van der Waals surface area contributed by atoms with E-state index in [0.717, 1.165) is 0 Å². The van der Waals surface area contributed by atoms with Gasteiger partial charge >= 0.3 is 0 Å². The molecule has 0 amide bonds. The van der Waals surface area contributed by atoms with Crippen LogP contribution in [0, 0.1) is 11.8 Å². The van der Waals surface area contributed by atoms with E-state index in [4.69, 9.17) is 5.11 Å². The van der Waals surface area contributed by atoms with Gasteiger partial charge in [0.05, 0.1) is 18.8 Å². The Hall–Kier alpha value is -0.560. The first-order valence-corrected chi connectivity index (χ1v) is 3.56. The van der Waals surface area contributed by atoms with Crippen LogP contribution in [0.15, 0.2) is 0 Å². The van der Waals surface area contributed by atoms with Crippen molar-refractivity contribution in [2.45, 2.75) is 19.4 Å². The number of nitrogens with one attached hydrogen (secondary N) is 1. The van der Waals surface area contributed by atoms with Gasteiger partial charge in [-0.05, 0) is 13.8 Å². The van der Waals surface area contributed by atoms with Crippen molar-refractivity contribution in [3.8, 4) is 11.8 Å². The second-order valence-electron chi connectivity index (χ2n) is 2.69. The summed E-state index contributed by atoms with van der Waals surface area (Å²) in [6.45, 7) is 4.00. The molecule has 0 aliphatic rings. The molecule has 1 unspecified atom stereocenters. The smallest absolute Gasteiger partial charge is 0.0973 e. The molecule has 0 fully saturated rings. The van der Waals surface area contributed by atoms with Crippen molar-refractivity contribution in [1.29, 1.82) is 0 Å². The van der Waals surface area contributed by atoms with Crippen molar-refractivity contribution in [3.05, 3.63) is 0 Å². The van der Waals surface area contributed by atoms with Gasteiger partial charge in [0.2, 0.25) is 0 Å². The molecule has 64 valence electrons. The first kappa shape index (κ1) is 10.4. The van der Waals surface area contributed by atoms with Crippen LogP contribution in [0.1, 0.15) is 13.8 Å². The highest BCUT2D eigenvalue weighted by atomic mass is 16.3. The summed E-state index contributed by atoms with van der Waals surface area (Å²) in [4.78, 5) is 0. The molecule has 0 aromatic heterocycles. The number of aliphatic hydroxyl groups is 2. The summed E-state index contributed by atoms with van der Waals surface area (Å²) in [6, 6.07) is 0. The monoisotopic (exact) mass is 157 g/mol. The molecule has 0 rings (SSSR count). The summed E-state index contributed by atoms with van der Waals surface area (Å²) in [5.74, 6) is 5.51. The molecule has 3 N–H and O–H groups in total. The zero-order valence-corrected chi connectivity index (χ0v) is 7.02. The van der Waals surface area contributed by atoms with Crippen molar-refractivity contribution in [2.24, 2.45) is 0 Å². The van der Waals surface area contributed by atoms with E-state index in [0.29, 0.717) is 13.1 Å². The molecule has 0 heterocycles. The van der Waals surface area contributed by atoms with E-state index in [1.54, 1.807) is 13.8 Å². The van der Waals surface area contributed by atoms with Gasteiger partial charge in [-0.15, -0.1) is 5.92 Å². The molecule has 0 spiro atoms. The topological polar surface area (TPSA) is 52.5 Å². The highest BCUT2D eigenvalue weighted by molar-refractivity contribution is 4.97. The molecule has 0 aromatic rings. The van der Waals surface area contributed by atoms with E-state index >= 15 is 0 Å². The SMILES string of the molecule is CC#CCNCC(C)(O)CO. The van der Waals surface area contributed by atoms with Gasteiger partial charge in [0.25, 0.3) is 0 Å². The summed E-state index contributed by atoms with van der Waals surface area (Å²) in [5.41, 5.74) is -1.03. The second-order valence-corrected chi connectivity index (χ2v) is 2.69. The van der Waals surface area contributed by atoms with Gasteiger partial charge in [-0.2, -0.15) is 0 Å². The summed E-state index contributed by atoms with van der Waals surface area (Å²) < 4.78 is 0. The van der Waals surface area contributed by atoms with Crippen molar-refractivity contribution in [1.82, 2.24) is 5.32 Å². The van der Waals surface area contributed by atoms with E-state index < -0.39 is 5.60 Å². The molecule has 0 aliphatic carbocycles. The molecule has 0 radical (unpaired) electrons. The summed E-state index contributed by atoms with van der Waals surface area (Å²) in [5, 5.41) is 20.8. The number of aliphatic hydroxyl groups excluding tert-OH is 1. The molecule has 11 heavy (non-hydrogen) atoms. The highest BCUT2D eigenvalue weighted by Gasteiger charge is 2.17. The van der Waals surface area contributed by atoms with Gasteiger partial charge in [-0.25, -0.2) is 0 Å². The van der Waals surface area contributed by atoms with Crippen LogP contribution in [-0.2, 0) is 0 Å². The Bertz CT molecular complexity index is 155. The maximum atomic E-state index is 9.26. The summed E-state index contributed by atoms with van der Waals surface area (Å²) >= 11 is 0.